The van der Waals surface area contributed by atoms with Gasteiger partial charge in [0.25, 0.3) is 0 Å². The molecular weight excluding hydrogens is 298 g/mol. The Morgan fingerprint density at radius 2 is 2.08 bits per heavy atom. The fourth-order valence-corrected chi connectivity index (χ4v) is 3.91. The molecule has 0 bridgehead atoms. The zero-order valence-electron chi connectivity index (χ0n) is 15.3. The first kappa shape index (κ1) is 17.1. The van der Waals surface area contributed by atoms with E-state index in [-0.39, 0.29) is 0 Å². The van der Waals surface area contributed by atoms with Crippen molar-refractivity contribution in [2.24, 2.45) is 0 Å². The van der Waals surface area contributed by atoms with E-state index in [1.54, 1.807) is 6.33 Å². The standard InChI is InChI=1S/C19H29N5/c1-13(2)24-10-6-5-7-16(24)8-9-20-18-17-14(3)11-15(4)23-19(17)22-12-21-18/h11-13,16H,5-10H2,1-4H3,(H,20,21,22,23). The summed E-state index contributed by atoms with van der Waals surface area (Å²) >= 11 is 0. The van der Waals surface area contributed by atoms with E-state index >= 15 is 0 Å². The van der Waals surface area contributed by atoms with E-state index in [2.05, 4.69) is 52.0 Å². The van der Waals surface area contributed by atoms with Gasteiger partial charge in [-0.05, 0) is 65.1 Å². The lowest BCUT2D eigenvalue weighted by Gasteiger charge is -2.38. The average Bonchev–Trinajstić information content (AvgIpc) is 2.54. The average molecular weight is 327 g/mol. The minimum atomic E-state index is 0.629. The quantitative estimate of drug-likeness (QED) is 0.907. The van der Waals surface area contributed by atoms with Crippen LogP contribution in [0, 0.1) is 13.8 Å². The number of rotatable bonds is 5. The van der Waals surface area contributed by atoms with Gasteiger partial charge in [0.1, 0.15) is 12.1 Å². The zero-order valence-corrected chi connectivity index (χ0v) is 15.3. The van der Waals surface area contributed by atoms with E-state index < -0.39 is 0 Å². The van der Waals surface area contributed by atoms with Gasteiger partial charge in [-0.25, -0.2) is 15.0 Å². The van der Waals surface area contributed by atoms with E-state index in [0.29, 0.717) is 12.1 Å². The van der Waals surface area contributed by atoms with Crippen LogP contribution in [0.2, 0.25) is 0 Å². The van der Waals surface area contributed by atoms with Crippen molar-refractivity contribution in [3.8, 4) is 0 Å². The normalized spacial score (nSPS) is 19.1. The van der Waals surface area contributed by atoms with Crippen molar-refractivity contribution in [1.82, 2.24) is 19.9 Å². The molecule has 24 heavy (non-hydrogen) atoms. The molecule has 1 N–H and O–H groups in total. The van der Waals surface area contributed by atoms with Gasteiger partial charge in [-0.1, -0.05) is 6.42 Å². The predicted molar refractivity (Wildman–Crippen MR) is 99.4 cm³/mol. The number of piperidine rings is 1. The van der Waals surface area contributed by atoms with Crippen molar-refractivity contribution in [3.63, 3.8) is 0 Å². The Labute approximate surface area is 144 Å². The summed E-state index contributed by atoms with van der Waals surface area (Å²) in [6, 6.07) is 3.41. The molecule has 2 aromatic rings. The first-order chi connectivity index (χ1) is 11.6. The molecular formula is C19H29N5. The van der Waals surface area contributed by atoms with Gasteiger partial charge >= 0.3 is 0 Å². The SMILES string of the molecule is Cc1cc(C)c2c(NCCC3CCCCN3C(C)C)ncnc2n1. The molecule has 0 spiro atoms. The van der Waals surface area contributed by atoms with Crippen molar-refractivity contribution in [3.05, 3.63) is 23.7 Å². The van der Waals surface area contributed by atoms with Crippen LogP contribution < -0.4 is 5.32 Å². The van der Waals surface area contributed by atoms with Gasteiger partial charge in [0, 0.05) is 24.3 Å². The van der Waals surface area contributed by atoms with Gasteiger partial charge in [0.15, 0.2) is 5.65 Å². The number of fused-ring (bicyclic) bond motifs is 1. The van der Waals surface area contributed by atoms with Crippen LogP contribution in [0.15, 0.2) is 12.4 Å². The molecule has 1 saturated heterocycles. The number of nitrogens with zero attached hydrogens (tertiary/aromatic N) is 4. The Morgan fingerprint density at radius 1 is 1.25 bits per heavy atom. The smallest absolute Gasteiger partial charge is 0.165 e. The minimum Gasteiger partial charge on any atom is -0.369 e. The number of nitrogens with one attached hydrogen (secondary N) is 1. The Bertz CT molecular complexity index is 697. The van der Waals surface area contributed by atoms with Crippen molar-refractivity contribution in [2.45, 2.75) is 65.5 Å². The summed E-state index contributed by atoms with van der Waals surface area (Å²) in [5, 5.41) is 4.59. The molecule has 0 aliphatic carbocycles. The largest absolute Gasteiger partial charge is 0.369 e. The van der Waals surface area contributed by atoms with Crippen LogP contribution in [0.3, 0.4) is 0 Å². The molecule has 2 aromatic heterocycles. The highest BCUT2D eigenvalue weighted by Crippen LogP contribution is 2.24. The van der Waals surface area contributed by atoms with E-state index in [1.165, 1.54) is 31.4 Å². The van der Waals surface area contributed by atoms with Gasteiger partial charge in [0.05, 0.1) is 5.39 Å². The Kier molecular flexibility index (Phi) is 5.29. The third kappa shape index (κ3) is 3.66. The van der Waals surface area contributed by atoms with Crippen molar-refractivity contribution in [1.29, 1.82) is 0 Å². The molecule has 0 radical (unpaired) electrons. The van der Waals surface area contributed by atoms with Crippen molar-refractivity contribution >= 4 is 16.9 Å². The first-order valence-corrected chi connectivity index (χ1v) is 9.15. The van der Waals surface area contributed by atoms with E-state index in [0.717, 1.165) is 35.5 Å². The fraction of sp³-hybridized carbons (Fsp3) is 0.632. The lowest BCUT2D eigenvalue weighted by atomic mass is 9.98. The number of pyridine rings is 1. The molecule has 0 saturated carbocycles. The minimum absolute atomic E-state index is 0.629. The summed E-state index contributed by atoms with van der Waals surface area (Å²) < 4.78 is 0. The van der Waals surface area contributed by atoms with Crippen LogP contribution in [-0.4, -0.2) is 45.0 Å². The summed E-state index contributed by atoms with van der Waals surface area (Å²) in [5.74, 6) is 0.914. The topological polar surface area (TPSA) is 53.9 Å². The molecule has 5 nitrogen and oxygen atoms in total. The lowest BCUT2D eigenvalue weighted by Crippen LogP contribution is -2.44. The monoisotopic (exact) mass is 327 g/mol. The molecule has 0 aromatic carbocycles. The number of hydrogen-bond acceptors (Lipinski definition) is 5. The number of hydrogen-bond donors (Lipinski definition) is 1. The number of aromatic nitrogens is 3. The second-order valence-corrected chi connectivity index (χ2v) is 7.20. The van der Waals surface area contributed by atoms with E-state index in [4.69, 9.17) is 0 Å². The van der Waals surface area contributed by atoms with Crippen LogP contribution in [-0.2, 0) is 0 Å². The molecule has 0 amide bonds. The second kappa shape index (κ2) is 7.43. The molecule has 3 rings (SSSR count). The lowest BCUT2D eigenvalue weighted by molar-refractivity contribution is 0.108. The molecule has 1 unspecified atom stereocenters. The van der Waals surface area contributed by atoms with Crippen LogP contribution in [0.5, 0.6) is 0 Å². The molecule has 1 aliphatic heterocycles. The summed E-state index contributed by atoms with van der Waals surface area (Å²) in [5.41, 5.74) is 2.97. The molecule has 3 heterocycles. The molecule has 130 valence electrons. The number of likely N-dealkylation sites (tertiary alicyclic amines) is 1. The first-order valence-electron chi connectivity index (χ1n) is 9.15. The van der Waals surface area contributed by atoms with Crippen molar-refractivity contribution in [2.75, 3.05) is 18.4 Å². The van der Waals surface area contributed by atoms with Crippen LogP contribution in [0.4, 0.5) is 5.82 Å². The zero-order chi connectivity index (χ0) is 17.1. The van der Waals surface area contributed by atoms with Crippen molar-refractivity contribution < 1.29 is 0 Å². The van der Waals surface area contributed by atoms with Gasteiger partial charge in [0.2, 0.25) is 0 Å². The van der Waals surface area contributed by atoms with E-state index in [1.807, 2.05) is 6.92 Å². The molecule has 1 aliphatic rings. The summed E-state index contributed by atoms with van der Waals surface area (Å²) in [4.78, 5) is 16.0. The summed E-state index contributed by atoms with van der Waals surface area (Å²) in [6.07, 6.45) is 6.76. The maximum absolute atomic E-state index is 4.53. The maximum Gasteiger partial charge on any atom is 0.165 e. The van der Waals surface area contributed by atoms with Gasteiger partial charge in [-0.15, -0.1) is 0 Å². The number of aryl methyl sites for hydroxylation is 2. The highest BCUT2D eigenvalue weighted by atomic mass is 15.2. The molecule has 1 fully saturated rings. The van der Waals surface area contributed by atoms with Gasteiger partial charge < -0.3 is 5.32 Å². The fourth-order valence-electron chi connectivity index (χ4n) is 3.91. The summed E-state index contributed by atoms with van der Waals surface area (Å²) in [6.45, 7) is 10.9. The molecule has 5 heteroatoms. The molecule has 1 atom stereocenters. The van der Waals surface area contributed by atoms with Crippen LogP contribution >= 0.6 is 0 Å². The Balaban J connectivity index is 1.70. The summed E-state index contributed by atoms with van der Waals surface area (Å²) in [7, 11) is 0. The van der Waals surface area contributed by atoms with Crippen LogP contribution in [0.25, 0.3) is 11.0 Å². The third-order valence-corrected chi connectivity index (χ3v) is 5.04. The Hall–Kier alpha value is -1.75. The van der Waals surface area contributed by atoms with E-state index in [9.17, 15) is 0 Å². The maximum atomic E-state index is 4.53. The van der Waals surface area contributed by atoms with Gasteiger partial charge in [-0.3, -0.25) is 4.90 Å². The Morgan fingerprint density at radius 3 is 2.88 bits per heavy atom. The van der Waals surface area contributed by atoms with Crippen LogP contribution in [0.1, 0.15) is 50.8 Å². The highest BCUT2D eigenvalue weighted by Gasteiger charge is 2.24. The predicted octanol–water partition coefficient (Wildman–Crippen LogP) is 3.71. The highest BCUT2D eigenvalue weighted by molar-refractivity contribution is 5.89. The van der Waals surface area contributed by atoms with Gasteiger partial charge in [-0.2, -0.15) is 0 Å². The number of anilines is 1. The third-order valence-electron chi connectivity index (χ3n) is 5.04. The second-order valence-electron chi connectivity index (χ2n) is 7.20.